The van der Waals surface area contributed by atoms with Crippen LogP contribution in [-0.2, 0) is 76.3 Å². The number of amides is 2. The van der Waals surface area contributed by atoms with Crippen LogP contribution in [0.4, 0.5) is 0 Å². The van der Waals surface area contributed by atoms with E-state index >= 15 is 0 Å². The molecule has 8 rings (SSSR count). The Morgan fingerprint density at radius 2 is 0.989 bits per heavy atom. The number of carbonyl (C=O) groups is 8. The van der Waals surface area contributed by atoms with Crippen molar-refractivity contribution in [2.75, 3.05) is 65.4 Å². The molecule has 0 bridgehead atoms. The highest BCUT2D eigenvalue weighted by Gasteiger charge is 2.36. The average molecular weight is 1350 g/mol. The summed E-state index contributed by atoms with van der Waals surface area (Å²) in [4.78, 5) is 95.0. The van der Waals surface area contributed by atoms with Gasteiger partial charge >= 0.3 is 29.8 Å². The summed E-state index contributed by atoms with van der Waals surface area (Å²) in [6.45, 7) is 14.6. The van der Waals surface area contributed by atoms with Crippen molar-refractivity contribution in [1.29, 1.82) is 0 Å². The zero-order valence-corrected chi connectivity index (χ0v) is 54.6. The van der Waals surface area contributed by atoms with E-state index in [0.717, 1.165) is 12.5 Å². The molecule has 4 aliphatic rings. The monoisotopic (exact) mass is 1350 g/mol. The van der Waals surface area contributed by atoms with E-state index in [1.807, 2.05) is 0 Å². The van der Waals surface area contributed by atoms with Gasteiger partial charge in [0.15, 0.2) is 0 Å². The van der Waals surface area contributed by atoms with E-state index in [-0.39, 0.29) is 57.5 Å². The quantitative estimate of drug-likeness (QED) is 0.0439. The highest BCUT2D eigenvalue weighted by atomic mass is 35.5. The number of nitrogens with one attached hydrogen (secondary N) is 2. The van der Waals surface area contributed by atoms with E-state index in [2.05, 4.69) is 15.6 Å². The van der Waals surface area contributed by atoms with Crippen molar-refractivity contribution < 1.29 is 116 Å². The molecule has 3 fully saturated rings. The van der Waals surface area contributed by atoms with Crippen LogP contribution in [-0.4, -0.2) is 194 Å². The first-order valence-electron chi connectivity index (χ1n) is 27.9. The Kier molecular flexibility index (Phi) is 29.9. The number of ether oxygens (including phenoxy) is 9. The van der Waals surface area contributed by atoms with E-state index in [9.17, 15) is 60.3 Å². The van der Waals surface area contributed by atoms with Gasteiger partial charge < -0.3 is 69.2 Å². The number of esters is 5. The molecular formula is C60H75ClN4O25S2. The molecule has 8 atom stereocenters. The fourth-order valence-corrected chi connectivity index (χ4v) is 10.0. The molecule has 4 aromatic rings. The number of hydrogen-bond donors (Lipinski definition) is 5. The first-order valence-corrected chi connectivity index (χ1v) is 32.0. The molecule has 4 heterocycles. The number of rotatable bonds is 17. The van der Waals surface area contributed by atoms with Gasteiger partial charge in [-0.05, 0) is 87.8 Å². The van der Waals surface area contributed by atoms with Gasteiger partial charge in [0.1, 0.15) is 54.5 Å². The first kappa shape index (κ1) is 76.6. The van der Waals surface area contributed by atoms with Gasteiger partial charge in [-0.2, -0.15) is 16.8 Å². The van der Waals surface area contributed by atoms with Gasteiger partial charge in [0.25, 0.3) is 37.3 Å². The third-order valence-electron chi connectivity index (χ3n) is 13.0. The number of nitrogens with zero attached hydrogens (tertiary/aromatic N) is 1. The Labute approximate surface area is 536 Å². The second kappa shape index (κ2) is 35.8. The van der Waals surface area contributed by atoms with Crippen LogP contribution in [0.1, 0.15) is 93.5 Å². The molecule has 0 aromatic heterocycles. The molecule has 92 heavy (non-hydrogen) atoms. The minimum absolute atomic E-state index is 0.0496. The highest BCUT2D eigenvalue weighted by molar-refractivity contribution is 7.86. The van der Waals surface area contributed by atoms with Crippen LogP contribution in [0.2, 0.25) is 0 Å². The van der Waals surface area contributed by atoms with E-state index in [0.29, 0.717) is 80.7 Å². The minimum Gasteiger partial charge on any atom is -0.475 e. The second-order valence-corrected chi connectivity index (χ2v) is 24.3. The largest absolute Gasteiger partial charge is 0.475 e. The third-order valence-corrected chi connectivity index (χ3v) is 14.4. The molecule has 504 valence electrons. The van der Waals surface area contributed by atoms with Gasteiger partial charge in [-0.25, -0.2) is 4.99 Å². The number of hydrogen-bond acceptors (Lipinski definition) is 27. The van der Waals surface area contributed by atoms with Crippen molar-refractivity contribution in [1.82, 2.24) is 10.6 Å². The Balaban J connectivity index is 0.000000257. The standard InChI is InChI=1S/C17H21NO8S.C15H19NO7S.C14H17NO5.C10H9ClO3.C4H9NO2/c1-10-13(6-5-7-15(10)25-12(3)20)17-18-14(8-24-17)16(9-23-11(2)19)26-27(4,21)22;1-9-11(5-4-6-13(9)22-10(2)17)15(18)16-12-7-21-8-14(12)23-24(3,19)20;1-8-10(4-3-5-13(8)20-9(2)16)14(18)15-11-6-19-7-12(11)17;1-6-8(10(11)13)4-3-5-9(6)14-7(2)12;5-3-1-7-2-4(3)6/h5-7,14,16H,8-9H2,1-4H3;4-6,12,14H,7-8H2,1-3H3,(H,16,18);3-5,11-12,17H,6-7H2,1-2H3,(H,15,18);3-5H,1-2H3;3-4,6H,1-2,5H2/t14-,16-;12?,14-;11?,12-;;3-,4-/m000.0/s1. The molecule has 2 unspecified atom stereocenters. The number of aliphatic imine (C=N–C) groups is 1. The minimum atomic E-state index is -3.79. The maximum atomic E-state index is 12.5. The zero-order valence-electron chi connectivity index (χ0n) is 52.2. The van der Waals surface area contributed by atoms with Crippen molar-refractivity contribution in [2.45, 2.75) is 111 Å². The summed E-state index contributed by atoms with van der Waals surface area (Å²) in [6.07, 6.45) is -1.08. The maximum Gasteiger partial charge on any atom is 0.308 e. The summed E-state index contributed by atoms with van der Waals surface area (Å²) in [5, 5.41) is 23.2. The lowest BCUT2D eigenvalue weighted by atomic mass is 10.1. The fourth-order valence-electron chi connectivity index (χ4n) is 8.53. The SMILES string of the molecule is CC(=O)OC[C@H](OS(C)(=O)=O)[C@@H]1COC(c2cccc(OC(C)=O)c2C)=N1.CC(=O)Oc1cccc(C(=O)Cl)c1C.CC(=O)Oc1cccc(C(=O)NC2COC[C@@H]2O)c1C.CC(=O)Oc1cccc(C(=O)NC2COC[C@@H]2OS(C)(=O)=O)c1C.N[C@H]1COC[C@@H]1O. The summed E-state index contributed by atoms with van der Waals surface area (Å²) in [5.41, 5.74) is 9.28. The van der Waals surface area contributed by atoms with Gasteiger partial charge in [0.2, 0.25) is 5.90 Å². The molecule has 0 aliphatic carbocycles. The van der Waals surface area contributed by atoms with Crippen molar-refractivity contribution in [2.24, 2.45) is 10.7 Å². The molecule has 4 aliphatic heterocycles. The number of carbonyl (C=O) groups excluding carboxylic acids is 8. The Hall–Kier alpha value is -7.82. The molecule has 3 saturated heterocycles. The van der Waals surface area contributed by atoms with Gasteiger partial charge in [0.05, 0.1) is 82.5 Å². The van der Waals surface area contributed by atoms with Crippen molar-refractivity contribution in [3.05, 3.63) is 117 Å². The number of aliphatic hydroxyl groups excluding tert-OH is 2. The predicted octanol–water partition coefficient (Wildman–Crippen LogP) is 2.78. The highest BCUT2D eigenvalue weighted by Crippen LogP contribution is 2.28. The Morgan fingerprint density at radius 3 is 1.39 bits per heavy atom. The lowest BCUT2D eigenvalue weighted by molar-refractivity contribution is -0.143. The van der Waals surface area contributed by atoms with Crippen molar-refractivity contribution >= 4 is 84.6 Å². The first-order chi connectivity index (χ1) is 43.0. The topological polar surface area (TPSA) is 409 Å². The normalized spacial score (nSPS) is 19.9. The van der Waals surface area contributed by atoms with Crippen LogP contribution >= 0.6 is 11.6 Å². The maximum absolute atomic E-state index is 12.5. The number of halogens is 1. The number of aliphatic hydroxyl groups is 2. The lowest BCUT2D eigenvalue weighted by Crippen LogP contribution is -2.44. The third kappa shape index (κ3) is 25.3. The molecule has 2 amide bonds. The van der Waals surface area contributed by atoms with E-state index in [4.69, 9.17) is 73.4 Å². The molecular weight excluding hydrogens is 1280 g/mol. The summed E-state index contributed by atoms with van der Waals surface area (Å²) < 4.78 is 101. The molecule has 29 nitrogen and oxygen atoms in total. The molecule has 6 N–H and O–H groups in total. The Morgan fingerprint density at radius 1 is 0.565 bits per heavy atom. The molecule has 0 saturated carbocycles. The van der Waals surface area contributed by atoms with E-state index in [1.165, 1.54) is 34.6 Å². The van der Waals surface area contributed by atoms with E-state index in [1.54, 1.807) is 100 Å². The van der Waals surface area contributed by atoms with Crippen molar-refractivity contribution in [3.8, 4) is 23.0 Å². The smallest absolute Gasteiger partial charge is 0.308 e. The summed E-state index contributed by atoms with van der Waals surface area (Å²) >= 11 is 5.34. The van der Waals surface area contributed by atoms with Gasteiger partial charge in [-0.3, -0.25) is 46.7 Å². The molecule has 32 heteroatoms. The van der Waals surface area contributed by atoms with Gasteiger partial charge in [-0.1, -0.05) is 24.3 Å². The predicted molar refractivity (Wildman–Crippen MR) is 327 cm³/mol. The number of nitrogens with two attached hydrogens (primary N) is 1. The van der Waals surface area contributed by atoms with Crippen LogP contribution < -0.4 is 35.3 Å². The van der Waals surface area contributed by atoms with Crippen LogP contribution in [0.5, 0.6) is 23.0 Å². The fraction of sp³-hybridized carbons (Fsp3) is 0.450. The number of benzene rings is 4. The zero-order chi connectivity index (χ0) is 68.8. The van der Waals surface area contributed by atoms with Crippen LogP contribution in [0.25, 0.3) is 0 Å². The van der Waals surface area contributed by atoms with E-state index < -0.39 is 104 Å². The summed E-state index contributed by atoms with van der Waals surface area (Å²) in [5.74, 6) is -1.48. The summed E-state index contributed by atoms with van der Waals surface area (Å²) in [7, 11) is -7.45. The van der Waals surface area contributed by atoms with Crippen LogP contribution in [0.15, 0.2) is 77.8 Å². The molecule has 4 aromatic carbocycles. The van der Waals surface area contributed by atoms with Crippen molar-refractivity contribution in [3.63, 3.8) is 0 Å². The molecule has 0 spiro atoms. The second-order valence-electron chi connectivity index (χ2n) is 20.7. The molecule has 0 radical (unpaired) electrons. The Bertz CT molecular complexity index is 3560. The lowest BCUT2D eigenvalue weighted by Gasteiger charge is -2.19. The van der Waals surface area contributed by atoms with Gasteiger partial charge in [-0.15, -0.1) is 0 Å². The average Bonchev–Trinajstić information content (AvgIpc) is 1.55. The van der Waals surface area contributed by atoms with Gasteiger partial charge in [0, 0.05) is 79.1 Å². The summed E-state index contributed by atoms with van der Waals surface area (Å²) in [6, 6.07) is 17.7. The van der Waals surface area contributed by atoms with Crippen LogP contribution in [0, 0.1) is 27.7 Å². The van der Waals surface area contributed by atoms with Crippen LogP contribution in [0.3, 0.4) is 0 Å².